The standard InChI is InChI=1S/C18H20N6O/c1-23(15-7-8-19-10-15)18(25)16-11-20-17(22-16)13-9-21-24(12-13)14-5-3-2-4-6-14/h2-6,9,11-12,15,19H,7-8,10H2,1H3,(H,20,22)/t15-/m0/s1. The van der Waals surface area contributed by atoms with Crippen molar-refractivity contribution >= 4 is 5.91 Å². The van der Waals surface area contributed by atoms with E-state index in [4.69, 9.17) is 0 Å². The molecule has 1 aromatic carbocycles. The van der Waals surface area contributed by atoms with Gasteiger partial charge in [-0.1, -0.05) is 18.2 Å². The Kier molecular flexibility index (Phi) is 4.07. The van der Waals surface area contributed by atoms with Gasteiger partial charge in [0, 0.05) is 32.0 Å². The molecule has 1 saturated heterocycles. The Balaban J connectivity index is 1.53. The summed E-state index contributed by atoms with van der Waals surface area (Å²) in [4.78, 5) is 21.9. The van der Waals surface area contributed by atoms with Crippen LogP contribution in [0.3, 0.4) is 0 Å². The number of nitrogens with zero attached hydrogens (tertiary/aromatic N) is 4. The molecule has 1 aliphatic rings. The van der Waals surface area contributed by atoms with Gasteiger partial charge in [-0.3, -0.25) is 4.79 Å². The first kappa shape index (κ1) is 15.6. The molecule has 0 spiro atoms. The number of nitrogens with one attached hydrogen (secondary N) is 2. The van der Waals surface area contributed by atoms with E-state index in [0.717, 1.165) is 30.8 Å². The summed E-state index contributed by atoms with van der Waals surface area (Å²) in [6, 6.07) is 10.1. The molecule has 0 radical (unpaired) electrons. The monoisotopic (exact) mass is 336 g/mol. The summed E-state index contributed by atoms with van der Waals surface area (Å²) in [5.74, 6) is 0.579. The summed E-state index contributed by atoms with van der Waals surface area (Å²) in [5.41, 5.74) is 2.25. The van der Waals surface area contributed by atoms with Gasteiger partial charge in [0.25, 0.3) is 5.91 Å². The second-order valence-electron chi connectivity index (χ2n) is 6.21. The Bertz CT molecular complexity index is 863. The van der Waals surface area contributed by atoms with Crippen LogP contribution in [0, 0.1) is 0 Å². The highest BCUT2D eigenvalue weighted by molar-refractivity contribution is 5.92. The Hall–Kier alpha value is -2.93. The molecule has 1 amide bonds. The number of para-hydroxylation sites is 1. The lowest BCUT2D eigenvalue weighted by atomic mass is 10.2. The number of H-pyrrole nitrogens is 1. The lowest BCUT2D eigenvalue weighted by Crippen LogP contribution is -2.38. The summed E-state index contributed by atoms with van der Waals surface area (Å²) >= 11 is 0. The van der Waals surface area contributed by atoms with Gasteiger partial charge in [-0.15, -0.1) is 0 Å². The molecular weight excluding hydrogens is 316 g/mol. The van der Waals surface area contributed by atoms with Gasteiger partial charge in [-0.25, -0.2) is 9.67 Å². The molecule has 1 atom stereocenters. The van der Waals surface area contributed by atoms with Gasteiger partial charge in [0.15, 0.2) is 0 Å². The zero-order valence-electron chi connectivity index (χ0n) is 14.0. The maximum Gasteiger partial charge on any atom is 0.274 e. The molecule has 0 aliphatic carbocycles. The van der Waals surface area contributed by atoms with Gasteiger partial charge < -0.3 is 15.2 Å². The second-order valence-corrected chi connectivity index (χ2v) is 6.21. The van der Waals surface area contributed by atoms with Crippen LogP contribution in [-0.4, -0.2) is 56.7 Å². The van der Waals surface area contributed by atoms with Crippen LogP contribution in [0.15, 0.2) is 48.9 Å². The van der Waals surface area contributed by atoms with E-state index in [0.29, 0.717) is 11.5 Å². The quantitative estimate of drug-likeness (QED) is 0.760. The number of imidazole rings is 1. The Morgan fingerprint density at radius 3 is 2.92 bits per heavy atom. The second kappa shape index (κ2) is 6.52. The van der Waals surface area contributed by atoms with Gasteiger partial charge in [0.1, 0.15) is 11.5 Å². The van der Waals surface area contributed by atoms with Crippen LogP contribution in [0.2, 0.25) is 0 Å². The van der Waals surface area contributed by atoms with Crippen LogP contribution >= 0.6 is 0 Å². The predicted octanol–water partition coefficient (Wildman–Crippen LogP) is 1.70. The maximum atomic E-state index is 12.6. The van der Waals surface area contributed by atoms with E-state index in [2.05, 4.69) is 20.4 Å². The summed E-state index contributed by atoms with van der Waals surface area (Å²) in [6.07, 6.45) is 6.28. The smallest absolute Gasteiger partial charge is 0.274 e. The minimum atomic E-state index is -0.0633. The van der Waals surface area contributed by atoms with Crippen molar-refractivity contribution in [1.29, 1.82) is 0 Å². The van der Waals surface area contributed by atoms with E-state index >= 15 is 0 Å². The lowest BCUT2D eigenvalue weighted by molar-refractivity contribution is 0.0738. The summed E-state index contributed by atoms with van der Waals surface area (Å²) < 4.78 is 1.79. The third-order valence-corrected chi connectivity index (χ3v) is 4.58. The minimum Gasteiger partial charge on any atom is -0.344 e. The van der Waals surface area contributed by atoms with Gasteiger partial charge in [-0.05, 0) is 25.1 Å². The van der Waals surface area contributed by atoms with Crippen molar-refractivity contribution < 1.29 is 4.79 Å². The molecule has 3 aromatic rings. The minimum absolute atomic E-state index is 0.0633. The van der Waals surface area contributed by atoms with Crippen molar-refractivity contribution in [3.05, 3.63) is 54.6 Å². The molecule has 7 heteroatoms. The molecule has 2 aromatic heterocycles. The number of carbonyl (C=O) groups excluding carboxylic acids is 1. The van der Waals surface area contributed by atoms with Crippen molar-refractivity contribution in [3.63, 3.8) is 0 Å². The van der Waals surface area contributed by atoms with Crippen LogP contribution in [0.25, 0.3) is 17.1 Å². The molecule has 1 fully saturated rings. The first-order valence-electron chi connectivity index (χ1n) is 8.36. The van der Waals surface area contributed by atoms with Gasteiger partial charge >= 0.3 is 0 Å². The molecule has 4 rings (SSSR count). The molecule has 0 unspecified atom stereocenters. The Morgan fingerprint density at radius 2 is 2.16 bits per heavy atom. The SMILES string of the molecule is CN(C(=O)c1c[nH]c(-c2cnn(-c3ccccc3)c2)n1)[C@H]1CCNC1. The Labute approximate surface area is 145 Å². The summed E-state index contributed by atoms with van der Waals surface area (Å²) in [7, 11) is 1.84. The number of amides is 1. The number of aromatic nitrogens is 4. The number of benzene rings is 1. The first-order chi connectivity index (χ1) is 12.2. The van der Waals surface area contributed by atoms with E-state index in [1.807, 2.05) is 43.6 Å². The predicted molar refractivity (Wildman–Crippen MR) is 94.5 cm³/mol. The largest absolute Gasteiger partial charge is 0.344 e. The lowest BCUT2D eigenvalue weighted by Gasteiger charge is -2.22. The van der Waals surface area contributed by atoms with Crippen molar-refractivity contribution in [1.82, 2.24) is 30.0 Å². The van der Waals surface area contributed by atoms with E-state index in [9.17, 15) is 4.79 Å². The molecule has 2 N–H and O–H groups in total. The third kappa shape index (κ3) is 3.06. The van der Waals surface area contributed by atoms with E-state index in [1.165, 1.54) is 0 Å². The normalized spacial score (nSPS) is 16.9. The van der Waals surface area contributed by atoms with Gasteiger partial charge in [0.2, 0.25) is 0 Å². The zero-order chi connectivity index (χ0) is 17.2. The molecule has 128 valence electrons. The number of carbonyl (C=O) groups is 1. The van der Waals surface area contributed by atoms with Gasteiger partial charge in [0.05, 0.1) is 17.4 Å². The van der Waals surface area contributed by atoms with Crippen LogP contribution in [0.5, 0.6) is 0 Å². The van der Waals surface area contributed by atoms with E-state index in [1.54, 1.807) is 22.0 Å². The first-order valence-corrected chi connectivity index (χ1v) is 8.36. The molecule has 3 heterocycles. The summed E-state index contributed by atoms with van der Waals surface area (Å²) in [5, 5.41) is 7.64. The Morgan fingerprint density at radius 1 is 1.32 bits per heavy atom. The van der Waals surface area contributed by atoms with Crippen molar-refractivity contribution in [2.24, 2.45) is 0 Å². The summed E-state index contributed by atoms with van der Waals surface area (Å²) in [6.45, 7) is 1.79. The number of aromatic amines is 1. The fraction of sp³-hybridized carbons (Fsp3) is 0.278. The average molecular weight is 336 g/mol. The van der Waals surface area contributed by atoms with Crippen LogP contribution < -0.4 is 5.32 Å². The van der Waals surface area contributed by atoms with Crippen molar-refractivity contribution in [2.75, 3.05) is 20.1 Å². The molecule has 25 heavy (non-hydrogen) atoms. The highest BCUT2D eigenvalue weighted by Crippen LogP contribution is 2.18. The van der Waals surface area contributed by atoms with E-state index in [-0.39, 0.29) is 11.9 Å². The van der Waals surface area contributed by atoms with Crippen LogP contribution in [0.1, 0.15) is 16.9 Å². The molecular formula is C18H20N6O. The topological polar surface area (TPSA) is 78.8 Å². The maximum absolute atomic E-state index is 12.6. The highest BCUT2D eigenvalue weighted by atomic mass is 16.2. The molecule has 7 nitrogen and oxygen atoms in total. The zero-order valence-corrected chi connectivity index (χ0v) is 14.0. The fourth-order valence-corrected chi connectivity index (χ4v) is 3.06. The third-order valence-electron chi connectivity index (χ3n) is 4.58. The van der Waals surface area contributed by atoms with Gasteiger partial charge in [-0.2, -0.15) is 5.10 Å². The van der Waals surface area contributed by atoms with Crippen molar-refractivity contribution in [2.45, 2.75) is 12.5 Å². The molecule has 0 bridgehead atoms. The molecule has 0 saturated carbocycles. The van der Waals surface area contributed by atoms with Crippen LogP contribution in [0.4, 0.5) is 0 Å². The number of rotatable bonds is 4. The number of hydrogen-bond donors (Lipinski definition) is 2. The number of hydrogen-bond acceptors (Lipinski definition) is 4. The fourth-order valence-electron chi connectivity index (χ4n) is 3.06. The van der Waals surface area contributed by atoms with E-state index < -0.39 is 0 Å². The average Bonchev–Trinajstić information content (AvgIpc) is 3.42. The number of likely N-dealkylation sites (N-methyl/N-ethyl adjacent to an activating group) is 1. The highest BCUT2D eigenvalue weighted by Gasteiger charge is 2.25. The molecule has 1 aliphatic heterocycles. The van der Waals surface area contributed by atoms with Crippen molar-refractivity contribution in [3.8, 4) is 17.1 Å². The van der Waals surface area contributed by atoms with Crippen LogP contribution in [-0.2, 0) is 0 Å².